The molecule has 120 valence electrons. The van der Waals surface area contributed by atoms with E-state index in [2.05, 4.69) is 27.8 Å². The number of nitrogens with one attached hydrogen (secondary N) is 2. The lowest BCUT2D eigenvalue weighted by Crippen LogP contribution is -2.28. The van der Waals surface area contributed by atoms with Gasteiger partial charge in [0.15, 0.2) is 0 Å². The molecule has 0 bridgehead atoms. The van der Waals surface area contributed by atoms with Crippen LogP contribution in [0.1, 0.15) is 18.4 Å². The first kappa shape index (κ1) is 15.5. The third-order valence-corrected chi connectivity index (χ3v) is 3.95. The first-order valence-corrected chi connectivity index (χ1v) is 7.94. The molecule has 2 N–H and O–H groups in total. The van der Waals surface area contributed by atoms with Gasteiger partial charge in [0.1, 0.15) is 5.82 Å². The molecule has 3 rings (SSSR count). The Balaban J connectivity index is 1.51. The molecule has 1 amide bonds. The van der Waals surface area contributed by atoms with Crippen LogP contribution in [0, 0.1) is 5.92 Å². The van der Waals surface area contributed by atoms with Crippen LogP contribution in [0.4, 0.5) is 11.5 Å². The summed E-state index contributed by atoms with van der Waals surface area (Å²) < 4.78 is 5.28. The normalized spacial score (nSPS) is 15.1. The summed E-state index contributed by atoms with van der Waals surface area (Å²) in [5.41, 5.74) is 2.14. The number of aromatic nitrogens is 1. The van der Waals surface area contributed by atoms with Crippen molar-refractivity contribution < 1.29 is 9.53 Å². The molecule has 2 aromatic rings. The van der Waals surface area contributed by atoms with Gasteiger partial charge in [0.25, 0.3) is 0 Å². The molecular weight excluding hydrogens is 290 g/mol. The van der Waals surface area contributed by atoms with Crippen molar-refractivity contribution in [1.82, 2.24) is 4.98 Å². The average Bonchev–Trinajstić information content (AvgIpc) is 2.63. The van der Waals surface area contributed by atoms with Crippen LogP contribution >= 0.6 is 0 Å². The summed E-state index contributed by atoms with van der Waals surface area (Å²) in [4.78, 5) is 16.4. The van der Waals surface area contributed by atoms with E-state index in [-0.39, 0.29) is 11.8 Å². The maximum absolute atomic E-state index is 12.1. The Kier molecular flexibility index (Phi) is 5.21. The smallest absolute Gasteiger partial charge is 0.228 e. The van der Waals surface area contributed by atoms with E-state index in [9.17, 15) is 4.79 Å². The molecule has 1 saturated heterocycles. The lowest BCUT2D eigenvalue weighted by Gasteiger charge is -2.20. The highest BCUT2D eigenvalue weighted by atomic mass is 16.5. The number of hydrogen-bond donors (Lipinski definition) is 2. The molecule has 0 saturated carbocycles. The van der Waals surface area contributed by atoms with Crippen LogP contribution in [0.25, 0.3) is 0 Å². The van der Waals surface area contributed by atoms with Gasteiger partial charge in [-0.25, -0.2) is 4.98 Å². The number of carbonyl (C=O) groups excluding carboxylic acids is 1. The van der Waals surface area contributed by atoms with E-state index in [1.54, 1.807) is 6.20 Å². The van der Waals surface area contributed by atoms with E-state index in [0.717, 1.165) is 25.1 Å². The predicted molar refractivity (Wildman–Crippen MR) is 90.2 cm³/mol. The fourth-order valence-corrected chi connectivity index (χ4v) is 2.56. The molecule has 1 aromatic carbocycles. The number of pyridine rings is 1. The largest absolute Gasteiger partial charge is 0.381 e. The summed E-state index contributed by atoms with van der Waals surface area (Å²) in [5, 5.41) is 6.19. The molecule has 0 aliphatic carbocycles. The van der Waals surface area contributed by atoms with E-state index in [0.29, 0.717) is 19.0 Å². The molecule has 1 aliphatic rings. The minimum absolute atomic E-state index is 0.0291. The first-order chi connectivity index (χ1) is 11.3. The van der Waals surface area contributed by atoms with Crippen molar-refractivity contribution in [2.24, 2.45) is 5.92 Å². The van der Waals surface area contributed by atoms with Gasteiger partial charge in [-0.2, -0.15) is 0 Å². The average molecular weight is 311 g/mol. The zero-order valence-corrected chi connectivity index (χ0v) is 13.0. The Labute approximate surface area is 136 Å². The quantitative estimate of drug-likeness (QED) is 0.891. The second-order valence-electron chi connectivity index (χ2n) is 5.65. The topological polar surface area (TPSA) is 63.2 Å². The van der Waals surface area contributed by atoms with Gasteiger partial charge < -0.3 is 15.4 Å². The molecule has 0 atom stereocenters. The van der Waals surface area contributed by atoms with Crippen LogP contribution in [-0.2, 0) is 16.1 Å². The Morgan fingerprint density at radius 2 is 1.91 bits per heavy atom. The van der Waals surface area contributed by atoms with Gasteiger partial charge >= 0.3 is 0 Å². The monoisotopic (exact) mass is 311 g/mol. The molecule has 1 fully saturated rings. The lowest BCUT2D eigenvalue weighted by atomic mass is 9.99. The van der Waals surface area contributed by atoms with E-state index < -0.39 is 0 Å². The summed E-state index contributed by atoms with van der Waals surface area (Å²) >= 11 is 0. The molecular formula is C18H21N3O2. The van der Waals surface area contributed by atoms with E-state index in [4.69, 9.17) is 4.74 Å². The number of carbonyl (C=O) groups is 1. The fourth-order valence-electron chi connectivity index (χ4n) is 2.56. The summed E-state index contributed by atoms with van der Waals surface area (Å²) in [6.45, 7) is 2.07. The van der Waals surface area contributed by atoms with Crippen molar-refractivity contribution in [1.29, 1.82) is 0 Å². The summed E-state index contributed by atoms with van der Waals surface area (Å²) in [7, 11) is 0. The number of rotatable bonds is 5. The molecule has 23 heavy (non-hydrogen) atoms. The van der Waals surface area contributed by atoms with Crippen LogP contribution in [0.5, 0.6) is 0 Å². The number of ether oxygens (including phenoxy) is 1. The summed E-state index contributed by atoms with van der Waals surface area (Å²) in [6.07, 6.45) is 3.30. The highest BCUT2D eigenvalue weighted by Gasteiger charge is 2.21. The van der Waals surface area contributed by atoms with Gasteiger partial charge in [0, 0.05) is 25.7 Å². The van der Waals surface area contributed by atoms with Crippen LogP contribution < -0.4 is 10.6 Å². The predicted octanol–water partition coefficient (Wildman–Crippen LogP) is 3.06. The van der Waals surface area contributed by atoms with Gasteiger partial charge in [-0.05, 0) is 30.5 Å². The number of hydrogen-bond acceptors (Lipinski definition) is 4. The molecule has 5 heteroatoms. The molecule has 0 spiro atoms. The van der Waals surface area contributed by atoms with Crippen molar-refractivity contribution >= 4 is 17.4 Å². The molecule has 5 nitrogen and oxygen atoms in total. The van der Waals surface area contributed by atoms with Crippen molar-refractivity contribution in [2.45, 2.75) is 19.4 Å². The van der Waals surface area contributed by atoms with Crippen LogP contribution in [0.3, 0.4) is 0 Å². The Morgan fingerprint density at radius 1 is 1.13 bits per heavy atom. The van der Waals surface area contributed by atoms with Gasteiger partial charge in [-0.1, -0.05) is 30.3 Å². The third kappa shape index (κ3) is 4.53. The van der Waals surface area contributed by atoms with E-state index in [1.165, 1.54) is 5.56 Å². The van der Waals surface area contributed by atoms with Crippen LogP contribution in [0.2, 0.25) is 0 Å². The molecule has 2 heterocycles. The molecule has 1 aromatic heterocycles. The van der Waals surface area contributed by atoms with Crippen molar-refractivity contribution in [2.75, 3.05) is 23.8 Å². The minimum atomic E-state index is 0.0291. The van der Waals surface area contributed by atoms with Gasteiger partial charge in [0.05, 0.1) is 11.9 Å². The Hall–Kier alpha value is -2.40. The SMILES string of the molecule is O=C(Nc1ccc(NCc2ccccc2)cn1)C1CCOCC1. The van der Waals surface area contributed by atoms with Crippen LogP contribution in [-0.4, -0.2) is 24.1 Å². The van der Waals surface area contributed by atoms with Crippen LogP contribution in [0.15, 0.2) is 48.7 Å². The molecule has 0 radical (unpaired) electrons. The number of benzene rings is 1. The maximum atomic E-state index is 12.1. The van der Waals surface area contributed by atoms with E-state index >= 15 is 0 Å². The van der Waals surface area contributed by atoms with Gasteiger partial charge in [0.2, 0.25) is 5.91 Å². The van der Waals surface area contributed by atoms with E-state index in [1.807, 2.05) is 30.3 Å². The Morgan fingerprint density at radius 3 is 2.61 bits per heavy atom. The standard InChI is InChI=1S/C18H21N3O2/c22-18(15-8-10-23-11-9-15)21-17-7-6-16(13-20-17)19-12-14-4-2-1-3-5-14/h1-7,13,15,19H,8-12H2,(H,20,21,22). The minimum Gasteiger partial charge on any atom is -0.381 e. The molecule has 1 aliphatic heterocycles. The van der Waals surface area contributed by atoms with Crippen molar-refractivity contribution in [3.8, 4) is 0 Å². The lowest BCUT2D eigenvalue weighted by molar-refractivity contribution is -0.122. The highest BCUT2D eigenvalue weighted by Crippen LogP contribution is 2.17. The van der Waals surface area contributed by atoms with Crippen molar-refractivity contribution in [3.05, 3.63) is 54.2 Å². The first-order valence-electron chi connectivity index (χ1n) is 7.94. The number of amides is 1. The number of anilines is 2. The van der Waals surface area contributed by atoms with Crippen molar-refractivity contribution in [3.63, 3.8) is 0 Å². The Bertz CT molecular complexity index is 622. The fraction of sp³-hybridized carbons (Fsp3) is 0.333. The van der Waals surface area contributed by atoms with Gasteiger partial charge in [-0.3, -0.25) is 4.79 Å². The third-order valence-electron chi connectivity index (χ3n) is 3.95. The van der Waals surface area contributed by atoms with Gasteiger partial charge in [-0.15, -0.1) is 0 Å². The highest BCUT2D eigenvalue weighted by molar-refractivity contribution is 5.91. The second-order valence-corrected chi connectivity index (χ2v) is 5.65. The second kappa shape index (κ2) is 7.74. The zero-order chi connectivity index (χ0) is 15.9. The summed E-state index contributed by atoms with van der Waals surface area (Å²) in [5.74, 6) is 0.652. The summed E-state index contributed by atoms with van der Waals surface area (Å²) in [6, 6.07) is 13.9. The maximum Gasteiger partial charge on any atom is 0.228 e. The zero-order valence-electron chi connectivity index (χ0n) is 13.0. The molecule has 0 unspecified atom stereocenters. The number of nitrogens with zero attached hydrogens (tertiary/aromatic N) is 1.